The molecule has 2 aromatic carbocycles. The number of imidazole rings is 1. The average Bonchev–Trinajstić information content (AvgIpc) is 3.40. The van der Waals surface area contributed by atoms with Crippen LogP contribution in [0, 0.1) is 17.5 Å². The number of nitrogens with zero attached hydrogens (tertiary/aromatic N) is 4. The number of carbonyl (C=O) groups is 2. The summed E-state index contributed by atoms with van der Waals surface area (Å²) >= 11 is 5.93. The minimum absolute atomic E-state index is 0.0714. The van der Waals surface area contributed by atoms with Gasteiger partial charge >= 0.3 is 0 Å². The SMILES string of the molecule is CC(=O)N1CCO[C@@H](Cn2c(-c3c(F)cc(N4CCCC4=O)cc3F)nc3c(F)c(Cl)ccc32)C1. The van der Waals surface area contributed by atoms with E-state index in [9.17, 15) is 14.0 Å². The van der Waals surface area contributed by atoms with Crippen molar-refractivity contribution in [3.63, 3.8) is 0 Å². The first-order chi connectivity index (χ1) is 16.7. The minimum Gasteiger partial charge on any atom is -0.373 e. The monoisotopic (exact) mass is 506 g/mol. The number of halogens is 4. The van der Waals surface area contributed by atoms with E-state index in [1.54, 1.807) is 4.90 Å². The summed E-state index contributed by atoms with van der Waals surface area (Å²) in [6.07, 6.45) is 0.424. The van der Waals surface area contributed by atoms with Gasteiger partial charge in [0.05, 0.1) is 35.4 Å². The molecule has 2 fully saturated rings. The number of amides is 2. The van der Waals surface area contributed by atoms with Gasteiger partial charge in [-0.1, -0.05) is 11.6 Å². The zero-order chi connectivity index (χ0) is 24.9. The molecule has 5 rings (SSSR count). The third-order valence-electron chi connectivity index (χ3n) is 6.42. The summed E-state index contributed by atoms with van der Waals surface area (Å²) < 4.78 is 52.9. The Morgan fingerprint density at radius 3 is 2.60 bits per heavy atom. The number of morpholine rings is 1. The van der Waals surface area contributed by atoms with Gasteiger partial charge < -0.3 is 19.1 Å². The molecule has 11 heteroatoms. The van der Waals surface area contributed by atoms with E-state index >= 15 is 8.78 Å². The van der Waals surface area contributed by atoms with E-state index in [0.29, 0.717) is 32.5 Å². The number of ether oxygens (including phenoxy) is 1. The Morgan fingerprint density at radius 1 is 1.20 bits per heavy atom. The summed E-state index contributed by atoms with van der Waals surface area (Å²) in [5, 5.41) is -0.172. The smallest absolute Gasteiger partial charge is 0.227 e. The van der Waals surface area contributed by atoms with E-state index < -0.39 is 29.1 Å². The molecule has 3 heterocycles. The van der Waals surface area contributed by atoms with Crippen LogP contribution in [0.1, 0.15) is 19.8 Å². The standard InChI is InChI=1S/C24H22ClF3N4O3/c1-13(33)30-7-8-35-15(11-30)12-32-19-5-4-16(25)22(28)23(19)29-24(32)21-17(26)9-14(10-18(21)27)31-6-2-3-20(31)34/h4-5,9-10,15H,2-3,6-8,11-12H2,1H3/t15-/m1/s1. The Morgan fingerprint density at radius 2 is 1.94 bits per heavy atom. The van der Waals surface area contributed by atoms with Crippen LogP contribution in [0.15, 0.2) is 24.3 Å². The molecule has 2 amide bonds. The lowest BCUT2D eigenvalue weighted by Gasteiger charge is -2.32. The molecular weight excluding hydrogens is 485 g/mol. The molecule has 0 bridgehead atoms. The second kappa shape index (κ2) is 9.16. The lowest BCUT2D eigenvalue weighted by atomic mass is 10.1. The van der Waals surface area contributed by atoms with Crippen molar-refractivity contribution >= 4 is 40.1 Å². The predicted molar refractivity (Wildman–Crippen MR) is 124 cm³/mol. The fourth-order valence-electron chi connectivity index (χ4n) is 4.68. The average molecular weight is 507 g/mol. The van der Waals surface area contributed by atoms with Crippen molar-refractivity contribution in [1.29, 1.82) is 0 Å². The summed E-state index contributed by atoms with van der Waals surface area (Å²) in [4.78, 5) is 31.1. The van der Waals surface area contributed by atoms with Crippen LogP contribution >= 0.6 is 11.6 Å². The number of benzene rings is 2. The van der Waals surface area contributed by atoms with Gasteiger partial charge in [-0.3, -0.25) is 9.59 Å². The van der Waals surface area contributed by atoms with Gasteiger partial charge in [-0.2, -0.15) is 0 Å². The molecule has 0 N–H and O–H groups in total. The van der Waals surface area contributed by atoms with Crippen LogP contribution < -0.4 is 4.90 Å². The van der Waals surface area contributed by atoms with Crippen LogP contribution in [0.4, 0.5) is 18.9 Å². The van der Waals surface area contributed by atoms with Gasteiger partial charge in [0.15, 0.2) is 5.82 Å². The highest BCUT2D eigenvalue weighted by Gasteiger charge is 2.29. The van der Waals surface area contributed by atoms with Crippen molar-refractivity contribution in [2.24, 2.45) is 0 Å². The number of carbonyl (C=O) groups excluding carboxylic acids is 2. The number of fused-ring (bicyclic) bond motifs is 1. The number of aromatic nitrogens is 2. The van der Waals surface area contributed by atoms with Gasteiger partial charge in [0.2, 0.25) is 11.8 Å². The van der Waals surface area contributed by atoms with Gasteiger partial charge in [0, 0.05) is 38.7 Å². The summed E-state index contributed by atoms with van der Waals surface area (Å²) in [7, 11) is 0. The Kier molecular flexibility index (Phi) is 6.18. The number of hydrogen-bond donors (Lipinski definition) is 0. The number of anilines is 1. The van der Waals surface area contributed by atoms with Gasteiger partial charge in [-0.15, -0.1) is 0 Å². The number of rotatable bonds is 4. The highest BCUT2D eigenvalue weighted by atomic mass is 35.5. The van der Waals surface area contributed by atoms with Crippen molar-refractivity contribution in [3.05, 3.63) is 46.7 Å². The lowest BCUT2D eigenvalue weighted by Crippen LogP contribution is -2.46. The van der Waals surface area contributed by atoms with Crippen molar-refractivity contribution in [1.82, 2.24) is 14.5 Å². The normalized spacial score (nSPS) is 18.7. The second-order valence-electron chi connectivity index (χ2n) is 8.67. The minimum atomic E-state index is -0.933. The summed E-state index contributed by atoms with van der Waals surface area (Å²) in [5.41, 5.74) is -0.186. The highest BCUT2D eigenvalue weighted by molar-refractivity contribution is 6.31. The van der Waals surface area contributed by atoms with Crippen LogP contribution in [-0.2, 0) is 20.9 Å². The van der Waals surface area contributed by atoms with Crippen LogP contribution in [0.25, 0.3) is 22.4 Å². The van der Waals surface area contributed by atoms with Gasteiger partial charge in [0.1, 0.15) is 23.0 Å². The largest absolute Gasteiger partial charge is 0.373 e. The Balaban J connectivity index is 1.61. The summed E-state index contributed by atoms with van der Waals surface area (Å²) in [6.45, 7) is 2.91. The quantitative estimate of drug-likeness (QED) is 0.533. The molecule has 0 unspecified atom stereocenters. The second-order valence-corrected chi connectivity index (χ2v) is 9.07. The zero-order valence-corrected chi connectivity index (χ0v) is 19.6. The Hall–Kier alpha value is -3.11. The molecule has 0 aliphatic carbocycles. The van der Waals surface area contributed by atoms with Crippen LogP contribution in [-0.4, -0.2) is 58.6 Å². The molecule has 0 radical (unpaired) electrons. The van der Waals surface area contributed by atoms with Crippen LogP contribution in [0.2, 0.25) is 5.02 Å². The highest BCUT2D eigenvalue weighted by Crippen LogP contribution is 2.35. The van der Waals surface area contributed by atoms with Crippen LogP contribution in [0.5, 0.6) is 0 Å². The van der Waals surface area contributed by atoms with Crippen LogP contribution in [0.3, 0.4) is 0 Å². The maximum atomic E-state index is 15.4. The fourth-order valence-corrected chi connectivity index (χ4v) is 4.83. The van der Waals surface area contributed by atoms with Gasteiger partial charge in [-0.25, -0.2) is 18.2 Å². The Labute approximate surface area is 204 Å². The molecule has 1 atom stereocenters. The maximum absolute atomic E-state index is 15.4. The van der Waals surface area contributed by atoms with Crippen molar-refractivity contribution < 1.29 is 27.5 Å². The molecule has 0 saturated carbocycles. The molecule has 2 aliphatic heterocycles. The van der Waals surface area contributed by atoms with E-state index in [0.717, 1.165) is 12.1 Å². The van der Waals surface area contributed by atoms with E-state index in [1.165, 1.54) is 28.5 Å². The van der Waals surface area contributed by atoms with E-state index in [1.807, 2.05) is 0 Å². The molecule has 0 spiro atoms. The third kappa shape index (κ3) is 4.25. The molecule has 2 aliphatic rings. The Bertz CT molecular complexity index is 1320. The van der Waals surface area contributed by atoms with E-state index in [-0.39, 0.29) is 52.5 Å². The van der Waals surface area contributed by atoms with Crippen molar-refractivity contribution in [2.75, 3.05) is 31.1 Å². The first kappa shape index (κ1) is 23.6. The van der Waals surface area contributed by atoms with Gasteiger partial charge in [0.25, 0.3) is 0 Å². The first-order valence-corrected chi connectivity index (χ1v) is 11.6. The summed E-state index contributed by atoms with van der Waals surface area (Å²) in [6, 6.07) is 5.04. The number of hydrogen-bond acceptors (Lipinski definition) is 4. The molecule has 3 aromatic rings. The maximum Gasteiger partial charge on any atom is 0.227 e. The molecule has 1 aromatic heterocycles. The first-order valence-electron chi connectivity index (χ1n) is 11.3. The van der Waals surface area contributed by atoms with E-state index in [4.69, 9.17) is 16.3 Å². The predicted octanol–water partition coefficient (Wildman–Crippen LogP) is 4.15. The van der Waals surface area contributed by atoms with Crippen molar-refractivity contribution in [2.45, 2.75) is 32.4 Å². The fraction of sp³-hybridized carbons (Fsp3) is 0.375. The van der Waals surface area contributed by atoms with Gasteiger partial charge in [-0.05, 0) is 30.7 Å². The molecule has 7 nitrogen and oxygen atoms in total. The summed E-state index contributed by atoms with van der Waals surface area (Å²) in [5.74, 6) is -3.13. The molecule has 35 heavy (non-hydrogen) atoms. The van der Waals surface area contributed by atoms with Crippen molar-refractivity contribution in [3.8, 4) is 11.4 Å². The topological polar surface area (TPSA) is 67.7 Å². The molecule has 2 saturated heterocycles. The molecular formula is C24H22ClF3N4O3. The lowest BCUT2D eigenvalue weighted by molar-refractivity contribution is -0.136. The third-order valence-corrected chi connectivity index (χ3v) is 6.71. The zero-order valence-electron chi connectivity index (χ0n) is 18.9. The van der Waals surface area contributed by atoms with E-state index in [2.05, 4.69) is 4.98 Å². The molecule has 184 valence electrons.